The van der Waals surface area contributed by atoms with Gasteiger partial charge in [0.25, 0.3) is 0 Å². The van der Waals surface area contributed by atoms with Crippen molar-refractivity contribution >= 4 is 11.0 Å². The molecule has 1 aliphatic rings. The average molecular weight is 448 g/mol. The van der Waals surface area contributed by atoms with Crippen molar-refractivity contribution in [2.75, 3.05) is 6.61 Å². The molecule has 32 heavy (non-hydrogen) atoms. The second kappa shape index (κ2) is 8.30. The standard InChI is InChI=1S/C21H20O11/c22-7-13-15(25)17(27)19(29)21(32-13)31-12-6-10(24)5-11-14(12)16(26)18(28)20(30-11)8-1-3-9(23)4-2-8/h1-6,13,15,17,19,21-25,27-29H,7H2/t13-,15+,17-,19+,21+/m0/s1. The number of rotatable bonds is 4. The van der Waals surface area contributed by atoms with Gasteiger partial charge < -0.3 is 49.6 Å². The lowest BCUT2D eigenvalue weighted by molar-refractivity contribution is -0.277. The van der Waals surface area contributed by atoms with Crippen LogP contribution in [0.15, 0.2) is 45.6 Å². The summed E-state index contributed by atoms with van der Waals surface area (Å²) in [6.07, 6.45) is -7.98. The highest BCUT2D eigenvalue weighted by Gasteiger charge is 2.45. The molecule has 11 nitrogen and oxygen atoms in total. The lowest BCUT2D eigenvalue weighted by atomic mass is 9.99. The number of benzene rings is 2. The van der Waals surface area contributed by atoms with Crippen molar-refractivity contribution in [3.8, 4) is 34.3 Å². The first-order valence-corrected chi connectivity index (χ1v) is 9.50. The van der Waals surface area contributed by atoms with E-state index in [4.69, 9.17) is 13.9 Å². The Morgan fingerprint density at radius 2 is 1.59 bits per heavy atom. The molecule has 0 saturated carbocycles. The Morgan fingerprint density at radius 3 is 2.25 bits per heavy atom. The number of aromatic hydroxyl groups is 3. The highest BCUT2D eigenvalue weighted by atomic mass is 16.7. The van der Waals surface area contributed by atoms with E-state index < -0.39 is 48.5 Å². The van der Waals surface area contributed by atoms with Crippen LogP contribution < -0.4 is 10.2 Å². The molecular weight excluding hydrogens is 428 g/mol. The fourth-order valence-electron chi connectivity index (χ4n) is 3.45. The number of hydrogen-bond donors (Lipinski definition) is 7. The van der Waals surface area contributed by atoms with E-state index in [9.17, 15) is 40.5 Å². The van der Waals surface area contributed by atoms with Gasteiger partial charge in [-0.05, 0) is 24.3 Å². The maximum atomic E-state index is 12.9. The van der Waals surface area contributed by atoms with Gasteiger partial charge in [0.15, 0.2) is 5.76 Å². The zero-order valence-corrected chi connectivity index (χ0v) is 16.3. The van der Waals surface area contributed by atoms with E-state index in [1.807, 2.05) is 0 Å². The van der Waals surface area contributed by atoms with E-state index in [1.54, 1.807) is 0 Å². The normalized spacial score (nSPS) is 25.7. The number of aliphatic hydroxyl groups excluding tert-OH is 4. The smallest absolute Gasteiger partial charge is 0.238 e. The van der Waals surface area contributed by atoms with Crippen molar-refractivity contribution in [1.82, 2.24) is 0 Å². The third-order valence-corrected chi connectivity index (χ3v) is 5.14. The van der Waals surface area contributed by atoms with Gasteiger partial charge in [-0.25, -0.2) is 0 Å². The second-order valence-corrected chi connectivity index (χ2v) is 7.29. The molecule has 5 atom stereocenters. The molecule has 3 aromatic rings. The fourth-order valence-corrected chi connectivity index (χ4v) is 3.45. The molecule has 4 rings (SSSR count). The van der Waals surface area contributed by atoms with Crippen molar-refractivity contribution in [3.63, 3.8) is 0 Å². The molecule has 0 bridgehead atoms. The first kappa shape index (κ1) is 21.9. The molecule has 0 amide bonds. The summed E-state index contributed by atoms with van der Waals surface area (Å²) in [5.41, 5.74) is -0.816. The Morgan fingerprint density at radius 1 is 0.906 bits per heavy atom. The van der Waals surface area contributed by atoms with Gasteiger partial charge in [-0.3, -0.25) is 4.79 Å². The van der Waals surface area contributed by atoms with Crippen molar-refractivity contribution in [2.24, 2.45) is 0 Å². The van der Waals surface area contributed by atoms with Crippen LogP contribution in [0.25, 0.3) is 22.3 Å². The summed E-state index contributed by atoms with van der Waals surface area (Å²) in [6.45, 7) is -0.690. The lowest BCUT2D eigenvalue weighted by Gasteiger charge is -2.39. The number of phenols is 2. The van der Waals surface area contributed by atoms with E-state index in [0.29, 0.717) is 0 Å². The van der Waals surface area contributed by atoms with Crippen LogP contribution in [0, 0.1) is 0 Å². The minimum Gasteiger partial charge on any atom is -0.508 e. The number of fused-ring (bicyclic) bond motifs is 1. The molecule has 0 spiro atoms. The minimum atomic E-state index is -1.76. The summed E-state index contributed by atoms with van der Waals surface area (Å²) < 4.78 is 16.4. The van der Waals surface area contributed by atoms with E-state index in [2.05, 4.69) is 0 Å². The average Bonchev–Trinajstić information content (AvgIpc) is 2.77. The van der Waals surface area contributed by atoms with Gasteiger partial charge in [0.1, 0.15) is 52.6 Å². The molecule has 1 saturated heterocycles. The Kier molecular flexibility index (Phi) is 5.67. The van der Waals surface area contributed by atoms with Crippen LogP contribution in [-0.4, -0.2) is 73.1 Å². The fraction of sp³-hybridized carbons (Fsp3) is 0.286. The molecular formula is C21H20O11. The monoisotopic (exact) mass is 448 g/mol. The second-order valence-electron chi connectivity index (χ2n) is 7.29. The first-order valence-electron chi connectivity index (χ1n) is 9.50. The molecule has 170 valence electrons. The van der Waals surface area contributed by atoms with Gasteiger partial charge in [-0.1, -0.05) is 0 Å². The molecule has 1 fully saturated rings. The SMILES string of the molecule is O=c1c(O)c(-c2ccc(O)cc2)oc2cc(O)cc(O[C@@H]3O[C@@H](CO)[C@@H](O)[C@H](O)[C@H]3O)c12. The Bertz CT molecular complexity index is 1190. The molecule has 7 N–H and O–H groups in total. The predicted octanol–water partition coefficient (Wildman–Crippen LogP) is -0.245. The molecule has 1 aliphatic heterocycles. The van der Waals surface area contributed by atoms with Crippen molar-refractivity contribution in [2.45, 2.75) is 30.7 Å². The van der Waals surface area contributed by atoms with Gasteiger partial charge in [0.2, 0.25) is 17.5 Å². The minimum absolute atomic E-state index is 0.0377. The summed E-state index contributed by atoms with van der Waals surface area (Å²) in [5, 5.41) is 69.0. The van der Waals surface area contributed by atoms with Crippen molar-refractivity contribution < 1.29 is 49.6 Å². The first-order chi connectivity index (χ1) is 15.2. The van der Waals surface area contributed by atoms with E-state index >= 15 is 0 Å². The summed E-state index contributed by atoms with van der Waals surface area (Å²) in [6, 6.07) is 7.60. The number of phenolic OH excluding ortho intramolecular Hbond substituents is 2. The van der Waals surface area contributed by atoms with Crippen LogP contribution in [0.2, 0.25) is 0 Å². The van der Waals surface area contributed by atoms with Crippen LogP contribution in [0.4, 0.5) is 0 Å². The topological polar surface area (TPSA) is 190 Å². The van der Waals surface area contributed by atoms with Gasteiger partial charge in [-0.15, -0.1) is 0 Å². The summed E-state index contributed by atoms with van der Waals surface area (Å²) in [5.74, 6) is -1.75. The predicted molar refractivity (Wildman–Crippen MR) is 107 cm³/mol. The molecule has 11 heteroatoms. The molecule has 2 aromatic carbocycles. The number of aliphatic hydroxyl groups is 4. The molecule has 0 unspecified atom stereocenters. The van der Waals surface area contributed by atoms with E-state index in [-0.39, 0.29) is 39.5 Å². The number of ether oxygens (including phenoxy) is 2. The van der Waals surface area contributed by atoms with Crippen molar-refractivity contribution in [1.29, 1.82) is 0 Å². The van der Waals surface area contributed by atoms with Crippen molar-refractivity contribution in [3.05, 3.63) is 46.6 Å². The van der Waals surface area contributed by atoms with Crippen LogP contribution in [0.5, 0.6) is 23.0 Å². The van der Waals surface area contributed by atoms with E-state index in [1.165, 1.54) is 24.3 Å². The zero-order chi connectivity index (χ0) is 23.2. The zero-order valence-electron chi connectivity index (χ0n) is 16.3. The third kappa shape index (κ3) is 3.72. The van der Waals surface area contributed by atoms with Crippen LogP contribution in [0.1, 0.15) is 0 Å². The van der Waals surface area contributed by atoms with Gasteiger partial charge in [-0.2, -0.15) is 0 Å². The lowest BCUT2D eigenvalue weighted by Crippen LogP contribution is -2.60. The Hall–Kier alpha value is -3.35. The van der Waals surface area contributed by atoms with Gasteiger partial charge in [0.05, 0.1) is 6.61 Å². The molecule has 0 aliphatic carbocycles. The summed E-state index contributed by atoms with van der Waals surface area (Å²) in [7, 11) is 0. The summed E-state index contributed by atoms with van der Waals surface area (Å²) in [4.78, 5) is 12.9. The molecule has 0 radical (unpaired) electrons. The van der Waals surface area contributed by atoms with Crippen LogP contribution in [0.3, 0.4) is 0 Å². The largest absolute Gasteiger partial charge is 0.508 e. The maximum Gasteiger partial charge on any atom is 0.238 e. The van der Waals surface area contributed by atoms with Gasteiger partial charge >= 0.3 is 0 Å². The maximum absolute atomic E-state index is 12.9. The Labute approximate surface area is 179 Å². The highest BCUT2D eigenvalue weighted by molar-refractivity contribution is 5.88. The van der Waals surface area contributed by atoms with Gasteiger partial charge in [0, 0.05) is 17.7 Å². The molecule has 1 aromatic heterocycles. The quantitative estimate of drug-likeness (QED) is 0.279. The van der Waals surface area contributed by atoms with Crippen LogP contribution in [-0.2, 0) is 4.74 Å². The Balaban J connectivity index is 1.80. The highest BCUT2D eigenvalue weighted by Crippen LogP contribution is 2.37. The van der Waals surface area contributed by atoms with Crippen LogP contribution >= 0.6 is 0 Å². The number of hydrogen-bond acceptors (Lipinski definition) is 11. The third-order valence-electron chi connectivity index (χ3n) is 5.14. The summed E-state index contributed by atoms with van der Waals surface area (Å²) >= 11 is 0. The molecule has 2 heterocycles. The van der Waals surface area contributed by atoms with E-state index in [0.717, 1.165) is 12.1 Å².